The number of amides is 1. The Hall–Kier alpha value is -1.87. The van der Waals surface area contributed by atoms with E-state index in [0.717, 1.165) is 5.56 Å². The molecule has 1 amide bonds. The van der Waals surface area contributed by atoms with Gasteiger partial charge in [0.1, 0.15) is 5.82 Å². The lowest BCUT2D eigenvalue weighted by molar-refractivity contribution is -0.121. The maximum absolute atomic E-state index is 13.9. The van der Waals surface area contributed by atoms with E-state index >= 15 is 0 Å². The number of hydrogen-bond acceptors (Lipinski definition) is 1. The molecule has 2 aromatic rings. The highest BCUT2D eigenvalue weighted by Gasteiger charge is 2.20. The molecule has 134 valence electrons. The lowest BCUT2D eigenvalue weighted by Crippen LogP contribution is -2.33. The monoisotopic (exact) mass is 361 g/mol. The smallest absolute Gasteiger partial charge is 0.225 e. The molecule has 2 rings (SSSR count). The van der Waals surface area contributed by atoms with Crippen molar-refractivity contribution in [3.63, 3.8) is 0 Å². The molecule has 0 radical (unpaired) electrons. The Morgan fingerprint density at radius 2 is 1.64 bits per heavy atom. The van der Waals surface area contributed by atoms with Gasteiger partial charge in [-0.15, -0.1) is 0 Å². The standard InChI is InChI=1S/C21H25ClFNO/c1-13(2)15-8-10-16(11-9-15)21(14(3)4)24-20(25)12-17-18(22)6-5-7-19(17)23/h5-11,13-14,21H,12H2,1-4H3,(H,24,25)/t21-/m0/s1. The van der Waals surface area contributed by atoms with Crippen LogP contribution in [-0.4, -0.2) is 5.91 Å². The van der Waals surface area contributed by atoms with E-state index < -0.39 is 5.82 Å². The van der Waals surface area contributed by atoms with Crippen molar-refractivity contribution in [2.45, 2.75) is 46.1 Å². The Bertz CT molecular complexity index is 705. The van der Waals surface area contributed by atoms with Crippen LogP contribution in [0.1, 0.15) is 56.3 Å². The second kappa shape index (κ2) is 8.48. The third-order valence-corrected chi connectivity index (χ3v) is 4.70. The summed E-state index contributed by atoms with van der Waals surface area (Å²) in [5.74, 6) is -0.0158. The van der Waals surface area contributed by atoms with Crippen molar-refractivity contribution in [3.05, 3.63) is 70.0 Å². The fourth-order valence-electron chi connectivity index (χ4n) is 2.81. The zero-order valence-corrected chi connectivity index (χ0v) is 15.9. The number of carbonyl (C=O) groups is 1. The molecule has 0 saturated heterocycles. The van der Waals surface area contributed by atoms with Crippen LogP contribution in [0, 0.1) is 11.7 Å². The van der Waals surface area contributed by atoms with Crippen molar-refractivity contribution in [1.82, 2.24) is 5.32 Å². The molecule has 0 heterocycles. The molecule has 25 heavy (non-hydrogen) atoms. The van der Waals surface area contributed by atoms with E-state index in [1.165, 1.54) is 17.7 Å². The van der Waals surface area contributed by atoms with Crippen molar-refractivity contribution in [2.75, 3.05) is 0 Å². The summed E-state index contributed by atoms with van der Waals surface area (Å²) in [6.45, 7) is 8.40. The predicted molar refractivity (Wildman–Crippen MR) is 101 cm³/mol. The molecule has 0 aliphatic carbocycles. The number of nitrogens with one attached hydrogen (secondary N) is 1. The van der Waals surface area contributed by atoms with Crippen LogP contribution in [0.2, 0.25) is 5.02 Å². The molecule has 0 saturated carbocycles. The van der Waals surface area contributed by atoms with Gasteiger partial charge in [-0.05, 0) is 35.1 Å². The number of carbonyl (C=O) groups excluding carboxylic acids is 1. The van der Waals surface area contributed by atoms with Gasteiger partial charge in [-0.2, -0.15) is 0 Å². The van der Waals surface area contributed by atoms with Gasteiger partial charge >= 0.3 is 0 Å². The molecule has 2 nitrogen and oxygen atoms in total. The van der Waals surface area contributed by atoms with Crippen molar-refractivity contribution in [3.8, 4) is 0 Å². The normalized spacial score (nSPS) is 12.5. The molecule has 4 heteroatoms. The number of rotatable bonds is 6. The van der Waals surface area contributed by atoms with Crippen molar-refractivity contribution >= 4 is 17.5 Å². The van der Waals surface area contributed by atoms with Gasteiger partial charge < -0.3 is 5.32 Å². The zero-order valence-electron chi connectivity index (χ0n) is 15.1. The summed E-state index contributed by atoms with van der Waals surface area (Å²) in [5.41, 5.74) is 2.54. The Labute approximate surface area is 154 Å². The van der Waals surface area contributed by atoms with Crippen LogP contribution in [0.5, 0.6) is 0 Å². The first-order chi connectivity index (χ1) is 11.8. The average molecular weight is 362 g/mol. The highest BCUT2D eigenvalue weighted by Crippen LogP contribution is 2.25. The van der Waals surface area contributed by atoms with Gasteiger partial charge in [0.15, 0.2) is 0 Å². The fourth-order valence-corrected chi connectivity index (χ4v) is 3.04. The molecule has 1 atom stereocenters. The van der Waals surface area contributed by atoms with E-state index in [9.17, 15) is 9.18 Å². The van der Waals surface area contributed by atoms with E-state index in [2.05, 4.69) is 57.3 Å². The second-order valence-electron chi connectivity index (χ2n) is 6.99. The topological polar surface area (TPSA) is 29.1 Å². The first-order valence-electron chi connectivity index (χ1n) is 8.61. The minimum absolute atomic E-state index is 0.0706. The summed E-state index contributed by atoms with van der Waals surface area (Å²) in [4.78, 5) is 12.4. The first kappa shape index (κ1) is 19.5. The Morgan fingerprint density at radius 1 is 1.04 bits per heavy atom. The highest BCUT2D eigenvalue weighted by molar-refractivity contribution is 6.31. The van der Waals surface area contributed by atoms with E-state index in [0.29, 0.717) is 5.92 Å². The van der Waals surface area contributed by atoms with Gasteiger partial charge in [0.05, 0.1) is 12.5 Å². The molecule has 0 aliphatic heterocycles. The lowest BCUT2D eigenvalue weighted by atomic mass is 9.93. The largest absolute Gasteiger partial charge is 0.349 e. The van der Waals surface area contributed by atoms with E-state index in [-0.39, 0.29) is 34.9 Å². The fraction of sp³-hybridized carbons (Fsp3) is 0.381. The van der Waals surface area contributed by atoms with Gasteiger partial charge in [-0.25, -0.2) is 4.39 Å². The van der Waals surface area contributed by atoms with Crippen LogP contribution in [0.15, 0.2) is 42.5 Å². The molecule has 0 fully saturated rings. The summed E-state index contributed by atoms with van der Waals surface area (Å²) in [6, 6.07) is 12.6. The summed E-state index contributed by atoms with van der Waals surface area (Å²) < 4.78 is 13.9. The van der Waals surface area contributed by atoms with Gasteiger partial charge in [0, 0.05) is 10.6 Å². The molecule has 0 aliphatic rings. The SMILES string of the molecule is CC(C)c1ccc([C@@H](NC(=O)Cc2c(F)cccc2Cl)C(C)C)cc1. The third-order valence-electron chi connectivity index (χ3n) is 4.34. The minimum atomic E-state index is -0.454. The maximum Gasteiger partial charge on any atom is 0.225 e. The van der Waals surface area contributed by atoms with E-state index in [4.69, 9.17) is 11.6 Å². The molecule has 0 unspecified atom stereocenters. The number of halogens is 2. The van der Waals surface area contributed by atoms with Gasteiger partial charge in [-0.1, -0.05) is 69.6 Å². The molecule has 1 N–H and O–H groups in total. The van der Waals surface area contributed by atoms with Gasteiger partial charge in [0.2, 0.25) is 5.91 Å². The Morgan fingerprint density at radius 3 is 2.16 bits per heavy atom. The van der Waals surface area contributed by atoms with Gasteiger partial charge in [-0.3, -0.25) is 4.79 Å². The average Bonchev–Trinajstić information content (AvgIpc) is 2.56. The highest BCUT2D eigenvalue weighted by atomic mass is 35.5. The van der Waals surface area contributed by atoms with Crippen molar-refractivity contribution < 1.29 is 9.18 Å². The van der Waals surface area contributed by atoms with E-state index in [1.54, 1.807) is 6.07 Å². The first-order valence-corrected chi connectivity index (χ1v) is 8.99. The van der Waals surface area contributed by atoms with Crippen LogP contribution in [0.4, 0.5) is 4.39 Å². The molecule has 2 aromatic carbocycles. The molecule has 0 spiro atoms. The quantitative estimate of drug-likeness (QED) is 0.706. The third kappa shape index (κ3) is 5.05. The predicted octanol–water partition coefficient (Wildman–Crippen LogP) is 5.66. The summed E-state index contributed by atoms with van der Waals surface area (Å²) in [6.07, 6.45) is -0.0706. The van der Waals surface area contributed by atoms with Gasteiger partial charge in [0.25, 0.3) is 0 Å². The zero-order chi connectivity index (χ0) is 18.6. The van der Waals surface area contributed by atoms with Crippen LogP contribution in [-0.2, 0) is 11.2 Å². The van der Waals surface area contributed by atoms with Crippen LogP contribution >= 0.6 is 11.6 Å². The van der Waals surface area contributed by atoms with E-state index in [1.807, 2.05) is 0 Å². The summed E-state index contributed by atoms with van der Waals surface area (Å²) >= 11 is 6.02. The maximum atomic E-state index is 13.9. The Kier molecular flexibility index (Phi) is 6.60. The second-order valence-corrected chi connectivity index (χ2v) is 7.39. The van der Waals surface area contributed by atoms with Crippen molar-refractivity contribution in [1.29, 1.82) is 0 Å². The van der Waals surface area contributed by atoms with Crippen LogP contribution in [0.3, 0.4) is 0 Å². The Balaban J connectivity index is 2.14. The summed E-state index contributed by atoms with van der Waals surface area (Å²) in [7, 11) is 0. The molecule has 0 aromatic heterocycles. The molecule has 0 bridgehead atoms. The number of hydrogen-bond donors (Lipinski definition) is 1. The lowest BCUT2D eigenvalue weighted by Gasteiger charge is -2.23. The number of benzene rings is 2. The van der Waals surface area contributed by atoms with Crippen LogP contribution < -0.4 is 5.32 Å². The van der Waals surface area contributed by atoms with Crippen LogP contribution in [0.25, 0.3) is 0 Å². The molecular formula is C21H25ClFNO. The summed E-state index contributed by atoms with van der Waals surface area (Å²) in [5, 5.41) is 3.30. The minimum Gasteiger partial charge on any atom is -0.349 e. The molecular weight excluding hydrogens is 337 g/mol. The van der Waals surface area contributed by atoms with Crippen molar-refractivity contribution in [2.24, 2.45) is 5.92 Å².